The number of halogens is 1. The number of methoxy groups -OCH3 is 1. The number of thioether (sulfide) groups is 1. The van der Waals surface area contributed by atoms with Crippen molar-refractivity contribution in [1.29, 1.82) is 0 Å². The molecule has 15 heavy (non-hydrogen) atoms. The lowest BCUT2D eigenvalue weighted by atomic mass is 10.2. The van der Waals surface area contributed by atoms with Crippen molar-refractivity contribution in [2.45, 2.75) is 5.88 Å². The first-order chi connectivity index (χ1) is 7.31. The summed E-state index contributed by atoms with van der Waals surface area (Å²) in [5, 5.41) is 0. The largest absolute Gasteiger partial charge is 0.497 e. The van der Waals surface area contributed by atoms with Crippen LogP contribution in [-0.4, -0.2) is 25.7 Å². The second-order valence-electron chi connectivity index (χ2n) is 2.95. The number of hydrogen-bond donors (Lipinski definition) is 0. The van der Waals surface area contributed by atoms with E-state index in [4.69, 9.17) is 21.1 Å². The van der Waals surface area contributed by atoms with Crippen LogP contribution in [0.3, 0.4) is 0 Å². The van der Waals surface area contributed by atoms with E-state index in [-0.39, 0.29) is 0 Å². The monoisotopic (exact) mass is 246 g/mol. The molecule has 0 spiro atoms. The molecule has 0 saturated heterocycles. The van der Waals surface area contributed by atoms with Crippen molar-refractivity contribution >= 4 is 23.4 Å². The van der Waals surface area contributed by atoms with Gasteiger partial charge in [0.15, 0.2) is 0 Å². The average Bonchev–Trinajstić information content (AvgIpc) is 2.29. The van der Waals surface area contributed by atoms with Crippen LogP contribution in [0.5, 0.6) is 11.5 Å². The molecule has 1 aromatic rings. The zero-order valence-corrected chi connectivity index (χ0v) is 10.5. The van der Waals surface area contributed by atoms with Crippen LogP contribution < -0.4 is 9.47 Å². The van der Waals surface area contributed by atoms with Gasteiger partial charge in [0.2, 0.25) is 0 Å². The Morgan fingerprint density at radius 3 is 2.80 bits per heavy atom. The van der Waals surface area contributed by atoms with Crippen LogP contribution >= 0.6 is 23.4 Å². The third kappa shape index (κ3) is 3.84. The standard InChI is InChI=1S/C11H15ClO2S/c1-13-10-3-4-11(9(7-10)8-12)14-5-6-15-2/h3-4,7H,5-6,8H2,1-2H3. The Bertz CT molecular complexity index is 305. The lowest BCUT2D eigenvalue weighted by Gasteiger charge is -2.10. The first kappa shape index (κ1) is 12.5. The van der Waals surface area contributed by atoms with Crippen molar-refractivity contribution in [1.82, 2.24) is 0 Å². The van der Waals surface area contributed by atoms with Crippen molar-refractivity contribution < 1.29 is 9.47 Å². The summed E-state index contributed by atoms with van der Waals surface area (Å²) in [6, 6.07) is 5.68. The van der Waals surface area contributed by atoms with Crippen LogP contribution in [0, 0.1) is 0 Å². The number of ether oxygens (including phenoxy) is 2. The number of hydrogen-bond acceptors (Lipinski definition) is 3. The predicted molar refractivity (Wildman–Crippen MR) is 66.4 cm³/mol. The molecule has 1 aromatic carbocycles. The molecule has 1 rings (SSSR count). The van der Waals surface area contributed by atoms with E-state index in [1.807, 2.05) is 18.2 Å². The molecule has 0 bridgehead atoms. The van der Waals surface area contributed by atoms with Gasteiger partial charge in [0.1, 0.15) is 11.5 Å². The van der Waals surface area contributed by atoms with Crippen molar-refractivity contribution in [3.8, 4) is 11.5 Å². The molecular weight excluding hydrogens is 232 g/mol. The molecule has 0 aliphatic heterocycles. The molecule has 0 fully saturated rings. The predicted octanol–water partition coefficient (Wildman–Crippen LogP) is 3.18. The Morgan fingerprint density at radius 1 is 1.40 bits per heavy atom. The van der Waals surface area contributed by atoms with Gasteiger partial charge in [-0.2, -0.15) is 11.8 Å². The molecular formula is C11H15ClO2S. The summed E-state index contributed by atoms with van der Waals surface area (Å²) in [6.07, 6.45) is 2.06. The van der Waals surface area contributed by atoms with E-state index in [9.17, 15) is 0 Å². The van der Waals surface area contributed by atoms with Gasteiger partial charge in [-0.1, -0.05) is 0 Å². The summed E-state index contributed by atoms with van der Waals surface area (Å²) < 4.78 is 10.7. The maximum absolute atomic E-state index is 5.83. The Hall–Kier alpha value is -0.540. The molecule has 0 heterocycles. The molecule has 0 aliphatic carbocycles. The van der Waals surface area contributed by atoms with Crippen LogP contribution in [0.2, 0.25) is 0 Å². The zero-order chi connectivity index (χ0) is 11.1. The molecule has 0 atom stereocenters. The fourth-order valence-electron chi connectivity index (χ4n) is 1.16. The van der Waals surface area contributed by atoms with E-state index < -0.39 is 0 Å². The summed E-state index contributed by atoms with van der Waals surface area (Å²) in [5.74, 6) is 3.07. The van der Waals surface area contributed by atoms with Crippen LogP contribution in [0.25, 0.3) is 0 Å². The van der Waals surface area contributed by atoms with E-state index in [0.717, 1.165) is 22.8 Å². The molecule has 84 valence electrons. The highest BCUT2D eigenvalue weighted by atomic mass is 35.5. The van der Waals surface area contributed by atoms with E-state index in [1.165, 1.54) is 0 Å². The van der Waals surface area contributed by atoms with Crippen molar-refractivity contribution in [2.75, 3.05) is 25.7 Å². The Morgan fingerprint density at radius 2 is 2.20 bits per heavy atom. The van der Waals surface area contributed by atoms with Gasteiger partial charge in [0.05, 0.1) is 19.6 Å². The second-order valence-corrected chi connectivity index (χ2v) is 4.20. The summed E-state index contributed by atoms with van der Waals surface area (Å²) in [4.78, 5) is 0. The lowest BCUT2D eigenvalue weighted by molar-refractivity contribution is 0.340. The molecule has 0 aromatic heterocycles. The molecule has 4 heteroatoms. The number of benzene rings is 1. The van der Waals surface area contributed by atoms with Crippen LogP contribution in [0.1, 0.15) is 5.56 Å². The van der Waals surface area contributed by atoms with Gasteiger partial charge < -0.3 is 9.47 Å². The molecule has 0 unspecified atom stereocenters. The van der Waals surface area contributed by atoms with Gasteiger partial charge in [-0.25, -0.2) is 0 Å². The molecule has 2 nitrogen and oxygen atoms in total. The van der Waals surface area contributed by atoms with Crippen LogP contribution in [0.4, 0.5) is 0 Å². The maximum Gasteiger partial charge on any atom is 0.124 e. The van der Waals surface area contributed by atoms with E-state index in [1.54, 1.807) is 18.9 Å². The minimum Gasteiger partial charge on any atom is -0.497 e. The Labute approximate surface area is 99.9 Å². The fraction of sp³-hybridized carbons (Fsp3) is 0.455. The Balaban J connectivity index is 2.69. The van der Waals surface area contributed by atoms with Crippen molar-refractivity contribution in [2.24, 2.45) is 0 Å². The Kier molecular flexibility index (Phi) is 5.73. The smallest absolute Gasteiger partial charge is 0.124 e. The molecule has 0 N–H and O–H groups in total. The van der Waals surface area contributed by atoms with Gasteiger partial charge in [-0.3, -0.25) is 0 Å². The fourth-order valence-corrected chi connectivity index (χ4v) is 1.62. The lowest BCUT2D eigenvalue weighted by Crippen LogP contribution is -2.01. The van der Waals surface area contributed by atoms with E-state index >= 15 is 0 Å². The maximum atomic E-state index is 5.83. The highest BCUT2D eigenvalue weighted by Gasteiger charge is 2.04. The topological polar surface area (TPSA) is 18.5 Å². The highest BCUT2D eigenvalue weighted by molar-refractivity contribution is 7.98. The summed E-state index contributed by atoms with van der Waals surface area (Å²) in [6.45, 7) is 0.706. The number of rotatable bonds is 6. The van der Waals surface area contributed by atoms with Gasteiger partial charge >= 0.3 is 0 Å². The minimum atomic E-state index is 0.436. The van der Waals surface area contributed by atoms with Gasteiger partial charge in [-0.15, -0.1) is 11.6 Å². The number of alkyl halides is 1. The van der Waals surface area contributed by atoms with Crippen LogP contribution in [0.15, 0.2) is 18.2 Å². The van der Waals surface area contributed by atoms with Gasteiger partial charge in [-0.05, 0) is 24.5 Å². The highest BCUT2D eigenvalue weighted by Crippen LogP contribution is 2.25. The third-order valence-corrected chi connectivity index (χ3v) is 2.82. The van der Waals surface area contributed by atoms with Crippen molar-refractivity contribution in [3.05, 3.63) is 23.8 Å². The first-order valence-electron chi connectivity index (χ1n) is 4.66. The van der Waals surface area contributed by atoms with Crippen molar-refractivity contribution in [3.63, 3.8) is 0 Å². The molecule has 0 saturated carbocycles. The third-order valence-electron chi connectivity index (χ3n) is 1.96. The molecule has 0 amide bonds. The SMILES string of the molecule is COc1ccc(OCCSC)c(CCl)c1. The van der Waals surface area contributed by atoms with E-state index in [0.29, 0.717) is 12.5 Å². The average molecular weight is 247 g/mol. The normalized spacial score (nSPS) is 10.1. The summed E-state index contributed by atoms with van der Waals surface area (Å²) in [5.41, 5.74) is 0.970. The quantitative estimate of drug-likeness (QED) is 0.568. The summed E-state index contributed by atoms with van der Waals surface area (Å²) in [7, 11) is 1.64. The first-order valence-corrected chi connectivity index (χ1v) is 6.59. The van der Waals surface area contributed by atoms with Gasteiger partial charge in [0, 0.05) is 11.3 Å². The van der Waals surface area contributed by atoms with E-state index in [2.05, 4.69) is 6.26 Å². The zero-order valence-electron chi connectivity index (χ0n) is 8.96. The minimum absolute atomic E-state index is 0.436. The van der Waals surface area contributed by atoms with Gasteiger partial charge in [0.25, 0.3) is 0 Å². The second kappa shape index (κ2) is 6.85. The van der Waals surface area contributed by atoms with Crippen LogP contribution in [-0.2, 0) is 5.88 Å². The summed E-state index contributed by atoms with van der Waals surface area (Å²) >= 11 is 7.59. The molecule has 0 radical (unpaired) electrons. The molecule has 0 aliphatic rings.